The quantitative estimate of drug-likeness (QED) is 0.496. The molecule has 0 unspecified atom stereocenters. The predicted molar refractivity (Wildman–Crippen MR) is 131 cm³/mol. The molecule has 0 heterocycles. The van der Waals surface area contributed by atoms with E-state index in [0.717, 1.165) is 35.1 Å². The monoisotopic (exact) mass is 466 g/mol. The molecular formula is C27H34N2O5. The summed E-state index contributed by atoms with van der Waals surface area (Å²) in [6, 6.07) is 15.3. The molecule has 2 aromatic rings. The standard InChI is InChI=1S/C27H34N2O5/c1-4-5-14-24(26(32)29(18(2)3)16-15-25(30)31)28-27(33)34-17-23-21-12-8-6-10-19(21)20-11-7-9-13-22(20)23/h6-13,18,23-24H,4-5,14-17H2,1-3H3,(H,28,33)(H,30,31)/t24-/m0/s1. The van der Waals surface area contributed by atoms with Crippen LogP contribution in [0.1, 0.15) is 63.5 Å². The molecule has 0 saturated carbocycles. The van der Waals surface area contributed by atoms with Gasteiger partial charge in [0.1, 0.15) is 12.6 Å². The van der Waals surface area contributed by atoms with E-state index in [1.54, 1.807) is 0 Å². The average Bonchev–Trinajstić information content (AvgIpc) is 3.13. The maximum Gasteiger partial charge on any atom is 0.407 e. The molecule has 182 valence electrons. The van der Waals surface area contributed by atoms with E-state index >= 15 is 0 Å². The van der Waals surface area contributed by atoms with Gasteiger partial charge in [-0.05, 0) is 42.5 Å². The van der Waals surface area contributed by atoms with E-state index < -0.39 is 18.1 Å². The van der Waals surface area contributed by atoms with Gasteiger partial charge < -0.3 is 20.1 Å². The first-order valence-electron chi connectivity index (χ1n) is 12.0. The molecule has 0 saturated heterocycles. The Morgan fingerprint density at radius 2 is 1.62 bits per heavy atom. The van der Waals surface area contributed by atoms with E-state index in [1.165, 1.54) is 4.90 Å². The Bertz CT molecular complexity index is 974. The van der Waals surface area contributed by atoms with Crippen LogP contribution in [0.5, 0.6) is 0 Å². The van der Waals surface area contributed by atoms with Gasteiger partial charge in [0.2, 0.25) is 5.91 Å². The molecule has 0 radical (unpaired) electrons. The molecule has 3 rings (SSSR count). The first kappa shape index (κ1) is 25.3. The molecule has 7 heteroatoms. The maximum absolute atomic E-state index is 13.2. The summed E-state index contributed by atoms with van der Waals surface area (Å²) >= 11 is 0. The fraction of sp³-hybridized carbons (Fsp3) is 0.444. The Morgan fingerprint density at radius 1 is 1.03 bits per heavy atom. The number of carbonyl (C=O) groups excluding carboxylic acids is 2. The largest absolute Gasteiger partial charge is 0.481 e. The second-order valence-electron chi connectivity index (χ2n) is 8.93. The molecule has 0 aromatic heterocycles. The van der Waals surface area contributed by atoms with Crippen LogP contribution >= 0.6 is 0 Å². The highest BCUT2D eigenvalue weighted by atomic mass is 16.5. The van der Waals surface area contributed by atoms with Crippen molar-refractivity contribution in [3.63, 3.8) is 0 Å². The average molecular weight is 467 g/mol. The van der Waals surface area contributed by atoms with Crippen LogP contribution in [0.4, 0.5) is 4.79 Å². The van der Waals surface area contributed by atoms with Gasteiger partial charge in [0.25, 0.3) is 0 Å². The molecule has 2 aromatic carbocycles. The normalized spacial score (nSPS) is 13.2. The van der Waals surface area contributed by atoms with E-state index in [4.69, 9.17) is 9.84 Å². The predicted octanol–water partition coefficient (Wildman–Crippen LogP) is 4.80. The van der Waals surface area contributed by atoms with Crippen molar-refractivity contribution in [2.24, 2.45) is 0 Å². The number of fused-ring (bicyclic) bond motifs is 3. The fourth-order valence-electron chi connectivity index (χ4n) is 4.49. The number of ether oxygens (including phenoxy) is 1. The van der Waals surface area contributed by atoms with E-state index in [-0.39, 0.29) is 37.4 Å². The maximum atomic E-state index is 13.2. The first-order chi connectivity index (χ1) is 16.3. The highest BCUT2D eigenvalue weighted by Crippen LogP contribution is 2.44. The highest BCUT2D eigenvalue weighted by Gasteiger charge is 2.31. The Kier molecular flexibility index (Phi) is 8.68. The van der Waals surface area contributed by atoms with Crippen molar-refractivity contribution >= 4 is 18.0 Å². The second-order valence-corrected chi connectivity index (χ2v) is 8.93. The smallest absolute Gasteiger partial charge is 0.407 e. The molecule has 0 aliphatic heterocycles. The van der Waals surface area contributed by atoms with Crippen LogP contribution in [-0.2, 0) is 14.3 Å². The summed E-state index contributed by atoms with van der Waals surface area (Å²) in [5.74, 6) is -1.31. The van der Waals surface area contributed by atoms with Gasteiger partial charge in [-0.15, -0.1) is 0 Å². The lowest BCUT2D eigenvalue weighted by Crippen LogP contribution is -2.51. The third kappa shape index (κ3) is 5.95. The van der Waals surface area contributed by atoms with Gasteiger partial charge in [0.15, 0.2) is 0 Å². The Morgan fingerprint density at radius 3 is 2.15 bits per heavy atom. The van der Waals surface area contributed by atoms with Gasteiger partial charge in [-0.3, -0.25) is 9.59 Å². The van der Waals surface area contributed by atoms with Crippen LogP contribution in [0.25, 0.3) is 11.1 Å². The number of rotatable bonds is 11. The Labute approximate surface area is 201 Å². The number of hydrogen-bond donors (Lipinski definition) is 2. The summed E-state index contributed by atoms with van der Waals surface area (Å²) in [5, 5.41) is 11.8. The van der Waals surface area contributed by atoms with Crippen molar-refractivity contribution in [3.8, 4) is 11.1 Å². The minimum absolute atomic E-state index is 0.0642. The van der Waals surface area contributed by atoms with Gasteiger partial charge in [0, 0.05) is 18.5 Å². The van der Waals surface area contributed by atoms with Crippen molar-refractivity contribution in [2.45, 2.75) is 64.5 Å². The van der Waals surface area contributed by atoms with Gasteiger partial charge in [-0.1, -0.05) is 68.3 Å². The number of benzene rings is 2. The number of alkyl carbamates (subject to hydrolysis) is 1. The van der Waals surface area contributed by atoms with E-state index in [9.17, 15) is 14.4 Å². The third-order valence-corrected chi connectivity index (χ3v) is 6.25. The number of hydrogen-bond acceptors (Lipinski definition) is 4. The van der Waals surface area contributed by atoms with Gasteiger partial charge in [0.05, 0.1) is 6.42 Å². The zero-order valence-corrected chi connectivity index (χ0v) is 20.1. The van der Waals surface area contributed by atoms with Gasteiger partial charge >= 0.3 is 12.1 Å². The number of carboxylic acids is 1. The highest BCUT2D eigenvalue weighted by molar-refractivity contribution is 5.86. The van der Waals surface area contributed by atoms with Crippen LogP contribution in [0, 0.1) is 0 Å². The number of amides is 2. The summed E-state index contributed by atoms with van der Waals surface area (Å²) in [4.78, 5) is 38.5. The fourth-order valence-corrected chi connectivity index (χ4v) is 4.49. The van der Waals surface area contributed by atoms with Gasteiger partial charge in [-0.2, -0.15) is 0 Å². The molecule has 7 nitrogen and oxygen atoms in total. The van der Waals surface area contributed by atoms with E-state index in [2.05, 4.69) is 29.6 Å². The molecule has 0 spiro atoms. The Balaban J connectivity index is 1.68. The lowest BCUT2D eigenvalue weighted by molar-refractivity contribution is -0.140. The molecule has 34 heavy (non-hydrogen) atoms. The van der Waals surface area contributed by atoms with Crippen molar-refractivity contribution < 1.29 is 24.2 Å². The summed E-state index contributed by atoms with van der Waals surface area (Å²) in [7, 11) is 0. The number of carbonyl (C=O) groups is 3. The van der Waals surface area contributed by atoms with Crippen LogP contribution < -0.4 is 5.32 Å². The number of carboxylic acid groups (broad SMARTS) is 1. The number of aliphatic carboxylic acids is 1. The van der Waals surface area contributed by atoms with Crippen molar-refractivity contribution in [2.75, 3.05) is 13.2 Å². The molecule has 1 atom stereocenters. The summed E-state index contributed by atoms with van der Waals surface area (Å²) in [6.45, 7) is 5.95. The lowest BCUT2D eigenvalue weighted by Gasteiger charge is -2.30. The number of nitrogens with zero attached hydrogens (tertiary/aromatic N) is 1. The van der Waals surface area contributed by atoms with Crippen LogP contribution in [-0.4, -0.2) is 53.2 Å². The minimum atomic E-state index is -0.965. The minimum Gasteiger partial charge on any atom is -0.481 e. The molecule has 1 aliphatic rings. The summed E-state index contributed by atoms with van der Waals surface area (Å²) in [6.07, 6.45) is 1.31. The second kappa shape index (κ2) is 11.7. The van der Waals surface area contributed by atoms with Gasteiger partial charge in [-0.25, -0.2) is 4.79 Å². The SMILES string of the molecule is CCCC[C@H](NC(=O)OCC1c2ccccc2-c2ccccc21)C(=O)N(CCC(=O)O)C(C)C. The zero-order valence-electron chi connectivity index (χ0n) is 20.1. The number of unbranched alkanes of at least 4 members (excludes halogenated alkanes) is 1. The van der Waals surface area contributed by atoms with Crippen molar-refractivity contribution in [1.82, 2.24) is 10.2 Å². The molecule has 2 N–H and O–H groups in total. The van der Waals surface area contributed by atoms with Crippen LogP contribution in [0.3, 0.4) is 0 Å². The third-order valence-electron chi connectivity index (χ3n) is 6.25. The zero-order chi connectivity index (χ0) is 24.7. The number of nitrogens with one attached hydrogen (secondary N) is 1. The Hall–Kier alpha value is -3.35. The molecular weight excluding hydrogens is 432 g/mol. The molecule has 0 fully saturated rings. The van der Waals surface area contributed by atoms with Crippen molar-refractivity contribution in [3.05, 3.63) is 59.7 Å². The molecule has 0 bridgehead atoms. The lowest BCUT2D eigenvalue weighted by atomic mass is 9.98. The first-order valence-corrected chi connectivity index (χ1v) is 12.0. The molecule has 1 aliphatic carbocycles. The topological polar surface area (TPSA) is 95.9 Å². The van der Waals surface area contributed by atoms with Crippen molar-refractivity contribution in [1.29, 1.82) is 0 Å². The summed E-state index contributed by atoms with van der Waals surface area (Å²) in [5.41, 5.74) is 4.53. The summed E-state index contributed by atoms with van der Waals surface area (Å²) < 4.78 is 5.62. The molecule has 2 amide bonds. The van der Waals surface area contributed by atoms with E-state index in [0.29, 0.717) is 6.42 Å². The van der Waals surface area contributed by atoms with Crippen LogP contribution in [0.15, 0.2) is 48.5 Å². The van der Waals surface area contributed by atoms with E-state index in [1.807, 2.05) is 45.0 Å². The van der Waals surface area contributed by atoms with Crippen LogP contribution in [0.2, 0.25) is 0 Å².